The third-order valence-electron chi connectivity index (χ3n) is 4.63. The van der Waals surface area contributed by atoms with Crippen LogP contribution in [-0.4, -0.2) is 50.2 Å². The summed E-state index contributed by atoms with van der Waals surface area (Å²) in [5.74, 6) is 1.32. The van der Waals surface area contributed by atoms with Gasteiger partial charge in [-0.2, -0.15) is 0 Å². The smallest absolute Gasteiger partial charge is 0.243 e. The third kappa shape index (κ3) is 8.04. The van der Waals surface area contributed by atoms with E-state index in [1.807, 2.05) is 32.0 Å². The predicted molar refractivity (Wildman–Crippen MR) is 110 cm³/mol. The van der Waals surface area contributed by atoms with Crippen molar-refractivity contribution in [1.82, 2.24) is 10.2 Å². The van der Waals surface area contributed by atoms with Crippen LogP contribution in [0.1, 0.15) is 51.5 Å². The van der Waals surface area contributed by atoms with Crippen LogP contribution in [0.15, 0.2) is 24.3 Å². The molecule has 150 valence electrons. The fourth-order valence-corrected chi connectivity index (χ4v) is 3.24. The summed E-state index contributed by atoms with van der Waals surface area (Å²) in [6.07, 6.45) is 9.77. The Morgan fingerprint density at radius 2 is 1.93 bits per heavy atom. The topological polar surface area (TPSA) is 50.8 Å². The molecule has 1 heterocycles. The Kier molecular flexibility index (Phi) is 9.19. The molecule has 0 spiro atoms. The average Bonchev–Trinajstić information content (AvgIpc) is 2.92. The van der Waals surface area contributed by atoms with Gasteiger partial charge in [0, 0.05) is 12.6 Å². The Balaban J connectivity index is 1.75. The van der Waals surface area contributed by atoms with E-state index in [9.17, 15) is 4.79 Å². The molecule has 1 amide bonds. The summed E-state index contributed by atoms with van der Waals surface area (Å²) in [7, 11) is 1.62. The van der Waals surface area contributed by atoms with Gasteiger partial charge in [0.05, 0.1) is 13.2 Å². The monoisotopic (exact) mass is 374 g/mol. The standard InChI is InChI=1S/C22H34N2O3/c1-18(2)27-20-11-9-19(17-21(20)26-3)10-12-22(25)23-13-8-16-24-14-6-4-5-7-15-24/h9-12,17-18H,4-8,13-16H2,1-3H3,(H,23,25)/b12-10+. The molecule has 5 nitrogen and oxygen atoms in total. The fraction of sp³-hybridized carbons (Fsp3) is 0.591. The van der Waals surface area contributed by atoms with Crippen LogP contribution >= 0.6 is 0 Å². The Labute approximate surface area is 163 Å². The van der Waals surface area contributed by atoms with E-state index in [0.29, 0.717) is 18.0 Å². The molecule has 2 rings (SSSR count). The highest BCUT2D eigenvalue weighted by Crippen LogP contribution is 2.29. The largest absolute Gasteiger partial charge is 0.493 e. The number of methoxy groups -OCH3 is 1. The zero-order valence-corrected chi connectivity index (χ0v) is 17.0. The summed E-state index contributed by atoms with van der Waals surface area (Å²) in [6.45, 7) is 8.13. The molecular formula is C22H34N2O3. The van der Waals surface area contributed by atoms with Crippen LogP contribution < -0.4 is 14.8 Å². The van der Waals surface area contributed by atoms with Gasteiger partial charge in [0.1, 0.15) is 0 Å². The molecule has 27 heavy (non-hydrogen) atoms. The maximum absolute atomic E-state index is 12.0. The number of ether oxygens (including phenoxy) is 2. The number of carbonyl (C=O) groups excluding carboxylic acids is 1. The SMILES string of the molecule is COc1cc(/C=C/C(=O)NCCCN2CCCCCC2)ccc1OC(C)C. The predicted octanol–water partition coefficient (Wildman–Crippen LogP) is 3.88. The first-order valence-electron chi connectivity index (χ1n) is 10.1. The summed E-state index contributed by atoms with van der Waals surface area (Å²) in [5.41, 5.74) is 0.905. The van der Waals surface area contributed by atoms with Crippen LogP contribution in [0.4, 0.5) is 0 Å². The van der Waals surface area contributed by atoms with E-state index in [2.05, 4.69) is 10.2 Å². The van der Waals surface area contributed by atoms with E-state index in [-0.39, 0.29) is 12.0 Å². The molecule has 1 fully saturated rings. The molecule has 0 radical (unpaired) electrons. The molecule has 0 atom stereocenters. The maximum Gasteiger partial charge on any atom is 0.243 e. The summed E-state index contributed by atoms with van der Waals surface area (Å²) in [5, 5.41) is 2.97. The van der Waals surface area contributed by atoms with Gasteiger partial charge < -0.3 is 19.7 Å². The van der Waals surface area contributed by atoms with E-state index in [4.69, 9.17) is 9.47 Å². The number of carbonyl (C=O) groups is 1. The lowest BCUT2D eigenvalue weighted by Gasteiger charge is -2.19. The summed E-state index contributed by atoms with van der Waals surface area (Å²) >= 11 is 0. The van der Waals surface area contributed by atoms with Gasteiger partial charge in [0.2, 0.25) is 5.91 Å². The summed E-state index contributed by atoms with van der Waals surface area (Å²) in [4.78, 5) is 14.5. The second kappa shape index (κ2) is 11.7. The van der Waals surface area contributed by atoms with Gasteiger partial charge in [-0.05, 0) is 76.5 Å². The lowest BCUT2D eigenvalue weighted by atomic mass is 10.2. The van der Waals surface area contributed by atoms with Crippen LogP contribution in [0.3, 0.4) is 0 Å². The van der Waals surface area contributed by atoms with Crippen LogP contribution in [0, 0.1) is 0 Å². The minimum atomic E-state index is -0.0626. The third-order valence-corrected chi connectivity index (χ3v) is 4.63. The molecule has 1 aliphatic rings. The molecule has 0 unspecified atom stereocenters. The van der Waals surface area contributed by atoms with Crippen molar-refractivity contribution >= 4 is 12.0 Å². The molecule has 5 heteroatoms. The van der Waals surface area contributed by atoms with E-state index in [1.54, 1.807) is 19.3 Å². The first-order valence-corrected chi connectivity index (χ1v) is 10.1. The Hall–Kier alpha value is -2.01. The van der Waals surface area contributed by atoms with Gasteiger partial charge in [-0.15, -0.1) is 0 Å². The van der Waals surface area contributed by atoms with E-state index in [0.717, 1.165) is 18.5 Å². The number of nitrogens with zero attached hydrogens (tertiary/aromatic N) is 1. The lowest BCUT2D eigenvalue weighted by molar-refractivity contribution is -0.116. The van der Waals surface area contributed by atoms with Gasteiger partial charge in [-0.25, -0.2) is 0 Å². The zero-order valence-electron chi connectivity index (χ0n) is 17.0. The number of rotatable bonds is 9. The highest BCUT2D eigenvalue weighted by Gasteiger charge is 2.09. The molecule has 0 aromatic heterocycles. The van der Waals surface area contributed by atoms with Crippen LogP contribution in [0.2, 0.25) is 0 Å². The quantitative estimate of drug-likeness (QED) is 0.526. The number of hydrogen-bond acceptors (Lipinski definition) is 4. The van der Waals surface area contributed by atoms with Gasteiger partial charge in [0.25, 0.3) is 0 Å². The summed E-state index contributed by atoms with van der Waals surface area (Å²) < 4.78 is 11.1. The summed E-state index contributed by atoms with van der Waals surface area (Å²) in [6, 6.07) is 5.67. The van der Waals surface area contributed by atoms with Crippen molar-refractivity contribution in [2.45, 2.75) is 52.1 Å². The van der Waals surface area contributed by atoms with Crippen molar-refractivity contribution in [3.63, 3.8) is 0 Å². The lowest BCUT2D eigenvalue weighted by Crippen LogP contribution is -2.30. The van der Waals surface area contributed by atoms with Crippen molar-refractivity contribution in [2.75, 3.05) is 33.3 Å². The first kappa shape index (κ1) is 21.3. The second-order valence-electron chi connectivity index (χ2n) is 7.31. The zero-order chi connectivity index (χ0) is 19.5. The number of amides is 1. The van der Waals surface area contributed by atoms with Crippen molar-refractivity contribution in [3.8, 4) is 11.5 Å². The second-order valence-corrected chi connectivity index (χ2v) is 7.31. The van der Waals surface area contributed by atoms with Crippen molar-refractivity contribution < 1.29 is 14.3 Å². The van der Waals surface area contributed by atoms with Crippen LogP contribution in [0.5, 0.6) is 11.5 Å². The fourth-order valence-electron chi connectivity index (χ4n) is 3.24. The van der Waals surface area contributed by atoms with Gasteiger partial charge in [-0.3, -0.25) is 4.79 Å². The average molecular weight is 375 g/mol. The molecule has 0 aliphatic carbocycles. The van der Waals surface area contributed by atoms with E-state index >= 15 is 0 Å². The molecule has 1 aromatic rings. The molecule has 1 N–H and O–H groups in total. The Bertz CT molecular complexity index is 606. The van der Waals surface area contributed by atoms with Gasteiger partial charge in [0.15, 0.2) is 11.5 Å². The minimum Gasteiger partial charge on any atom is -0.493 e. The van der Waals surface area contributed by atoms with Crippen molar-refractivity contribution in [2.24, 2.45) is 0 Å². The Morgan fingerprint density at radius 3 is 2.59 bits per heavy atom. The van der Waals surface area contributed by atoms with Crippen molar-refractivity contribution in [1.29, 1.82) is 0 Å². The number of hydrogen-bond donors (Lipinski definition) is 1. The number of likely N-dealkylation sites (tertiary alicyclic amines) is 1. The normalized spacial score (nSPS) is 15.7. The highest BCUT2D eigenvalue weighted by molar-refractivity contribution is 5.91. The van der Waals surface area contributed by atoms with Gasteiger partial charge >= 0.3 is 0 Å². The number of nitrogens with one attached hydrogen (secondary N) is 1. The number of benzene rings is 1. The Morgan fingerprint density at radius 1 is 1.19 bits per heavy atom. The molecule has 1 aliphatic heterocycles. The molecule has 1 aromatic carbocycles. The van der Waals surface area contributed by atoms with E-state index < -0.39 is 0 Å². The molecular weight excluding hydrogens is 340 g/mol. The van der Waals surface area contributed by atoms with Crippen LogP contribution in [0.25, 0.3) is 6.08 Å². The first-order chi connectivity index (χ1) is 13.1. The molecule has 1 saturated heterocycles. The van der Waals surface area contributed by atoms with E-state index in [1.165, 1.54) is 38.8 Å². The van der Waals surface area contributed by atoms with Crippen molar-refractivity contribution in [3.05, 3.63) is 29.8 Å². The highest BCUT2D eigenvalue weighted by atomic mass is 16.5. The molecule has 0 bridgehead atoms. The molecule has 0 saturated carbocycles. The van der Waals surface area contributed by atoms with Gasteiger partial charge in [-0.1, -0.05) is 18.9 Å². The minimum absolute atomic E-state index is 0.0626. The maximum atomic E-state index is 12.0. The van der Waals surface area contributed by atoms with Crippen LogP contribution in [-0.2, 0) is 4.79 Å².